The van der Waals surface area contributed by atoms with Crippen molar-refractivity contribution in [2.75, 3.05) is 5.73 Å². The van der Waals surface area contributed by atoms with Crippen LogP contribution in [-0.2, 0) is 11.8 Å². The fourth-order valence-corrected chi connectivity index (χ4v) is 5.72. The van der Waals surface area contributed by atoms with Crippen LogP contribution in [0.2, 0.25) is 10.0 Å². The van der Waals surface area contributed by atoms with Gasteiger partial charge in [0.25, 0.3) is 0 Å². The van der Waals surface area contributed by atoms with Gasteiger partial charge in [-0.3, -0.25) is 0 Å². The van der Waals surface area contributed by atoms with Crippen molar-refractivity contribution in [2.45, 2.75) is 52.4 Å². The average Bonchev–Trinajstić information content (AvgIpc) is 3.12. The lowest BCUT2D eigenvalue weighted by molar-refractivity contribution is 0.486. The van der Waals surface area contributed by atoms with Crippen molar-refractivity contribution in [1.29, 1.82) is 0 Å². The number of anilines is 1. The SMILES string of the molecule is CC(Cc1cc(Cl)c2nc(C(C)(C)C)sc2c1)C(C)c1cc(Cl)c2c(N)nccc2c1. The summed E-state index contributed by atoms with van der Waals surface area (Å²) in [5, 5.41) is 4.35. The fourth-order valence-electron chi connectivity index (χ4n) is 3.93. The van der Waals surface area contributed by atoms with Crippen molar-refractivity contribution in [2.24, 2.45) is 5.92 Å². The highest BCUT2D eigenvalue weighted by Crippen LogP contribution is 2.38. The van der Waals surface area contributed by atoms with Gasteiger partial charge in [-0.2, -0.15) is 0 Å². The third kappa shape index (κ3) is 4.39. The molecular weight excluding hydrogens is 445 g/mol. The van der Waals surface area contributed by atoms with Crippen LogP contribution in [0, 0.1) is 5.92 Å². The van der Waals surface area contributed by atoms with Gasteiger partial charge in [-0.25, -0.2) is 9.97 Å². The quantitative estimate of drug-likeness (QED) is 0.327. The first kappa shape index (κ1) is 22.3. The zero-order chi connectivity index (χ0) is 22.5. The van der Waals surface area contributed by atoms with Crippen LogP contribution in [0.15, 0.2) is 36.5 Å². The average molecular weight is 472 g/mol. The third-order valence-corrected chi connectivity index (χ3v) is 7.97. The van der Waals surface area contributed by atoms with E-state index in [4.69, 9.17) is 33.9 Å². The number of nitrogen functional groups attached to an aromatic ring is 1. The summed E-state index contributed by atoms with van der Waals surface area (Å²) < 4.78 is 1.16. The highest BCUT2D eigenvalue weighted by molar-refractivity contribution is 7.18. The van der Waals surface area contributed by atoms with E-state index >= 15 is 0 Å². The van der Waals surface area contributed by atoms with E-state index in [2.05, 4.69) is 57.8 Å². The molecule has 4 aromatic rings. The van der Waals surface area contributed by atoms with Crippen molar-refractivity contribution in [3.8, 4) is 0 Å². The molecule has 0 saturated carbocycles. The standard InChI is InChI=1S/C25H27Cl2N3S/c1-13(14(2)17-11-16-6-7-29-23(28)21(16)18(26)12-17)8-15-9-19(27)22-20(10-15)31-24(30-22)25(3,4)5/h6-7,9-14H,8H2,1-5H3,(H2,28,29). The lowest BCUT2D eigenvalue weighted by Crippen LogP contribution is -2.10. The van der Waals surface area contributed by atoms with Crippen LogP contribution < -0.4 is 5.73 Å². The molecule has 2 aromatic heterocycles. The lowest BCUT2D eigenvalue weighted by atomic mass is 9.84. The molecule has 0 bridgehead atoms. The molecule has 2 N–H and O–H groups in total. The van der Waals surface area contributed by atoms with Crippen LogP contribution in [0.4, 0.5) is 5.82 Å². The zero-order valence-electron chi connectivity index (χ0n) is 18.5. The molecule has 2 atom stereocenters. The van der Waals surface area contributed by atoms with Gasteiger partial charge in [0.1, 0.15) is 11.3 Å². The first-order chi connectivity index (χ1) is 14.5. The molecule has 0 aliphatic rings. The van der Waals surface area contributed by atoms with Gasteiger partial charge in [-0.05, 0) is 59.0 Å². The monoisotopic (exact) mass is 471 g/mol. The summed E-state index contributed by atoms with van der Waals surface area (Å²) in [6.07, 6.45) is 2.65. The van der Waals surface area contributed by atoms with E-state index in [1.54, 1.807) is 17.5 Å². The number of benzene rings is 2. The van der Waals surface area contributed by atoms with E-state index in [0.717, 1.165) is 37.4 Å². The summed E-state index contributed by atoms with van der Waals surface area (Å²) in [7, 11) is 0. The Morgan fingerprint density at radius 2 is 1.81 bits per heavy atom. The minimum Gasteiger partial charge on any atom is -0.383 e. The van der Waals surface area contributed by atoms with Gasteiger partial charge in [-0.15, -0.1) is 11.3 Å². The van der Waals surface area contributed by atoms with Crippen LogP contribution in [0.3, 0.4) is 0 Å². The topological polar surface area (TPSA) is 51.8 Å². The second kappa shape index (κ2) is 8.23. The summed E-state index contributed by atoms with van der Waals surface area (Å²) in [6, 6.07) is 10.5. The summed E-state index contributed by atoms with van der Waals surface area (Å²) in [4.78, 5) is 8.95. The Hall–Kier alpha value is -1.88. The Morgan fingerprint density at radius 1 is 1.06 bits per heavy atom. The maximum Gasteiger partial charge on any atom is 0.132 e. The first-order valence-electron chi connectivity index (χ1n) is 10.5. The Bertz CT molecular complexity index is 1270. The van der Waals surface area contributed by atoms with Crippen LogP contribution in [-0.4, -0.2) is 9.97 Å². The highest BCUT2D eigenvalue weighted by atomic mass is 35.5. The Labute approximate surface area is 197 Å². The summed E-state index contributed by atoms with van der Waals surface area (Å²) in [6.45, 7) is 11.1. The van der Waals surface area contributed by atoms with Crippen molar-refractivity contribution in [3.63, 3.8) is 0 Å². The number of pyridine rings is 1. The molecule has 2 heterocycles. The van der Waals surface area contributed by atoms with Gasteiger partial charge in [0, 0.05) is 17.0 Å². The van der Waals surface area contributed by atoms with Gasteiger partial charge < -0.3 is 5.73 Å². The van der Waals surface area contributed by atoms with Gasteiger partial charge in [0.15, 0.2) is 0 Å². The number of fused-ring (bicyclic) bond motifs is 2. The van der Waals surface area contributed by atoms with Crippen LogP contribution in [0.5, 0.6) is 0 Å². The van der Waals surface area contributed by atoms with Crippen LogP contribution in [0.25, 0.3) is 21.0 Å². The number of nitrogens with two attached hydrogens (primary N) is 1. The van der Waals surface area contributed by atoms with E-state index in [1.807, 2.05) is 12.1 Å². The van der Waals surface area contributed by atoms with Gasteiger partial charge in [-0.1, -0.05) is 63.9 Å². The third-order valence-electron chi connectivity index (χ3n) is 5.95. The van der Waals surface area contributed by atoms with Crippen molar-refractivity contribution in [3.05, 3.63) is 62.7 Å². The molecule has 0 spiro atoms. The minimum atomic E-state index is 0.0171. The second-order valence-corrected chi connectivity index (χ2v) is 11.3. The molecule has 31 heavy (non-hydrogen) atoms. The largest absolute Gasteiger partial charge is 0.383 e. The van der Waals surface area contributed by atoms with E-state index in [9.17, 15) is 0 Å². The molecule has 0 saturated heterocycles. The van der Waals surface area contributed by atoms with E-state index in [1.165, 1.54) is 11.1 Å². The highest BCUT2D eigenvalue weighted by Gasteiger charge is 2.22. The van der Waals surface area contributed by atoms with Crippen molar-refractivity contribution in [1.82, 2.24) is 9.97 Å². The molecule has 0 fully saturated rings. The molecule has 4 rings (SSSR count). The smallest absolute Gasteiger partial charge is 0.132 e. The molecule has 0 radical (unpaired) electrons. The predicted molar refractivity (Wildman–Crippen MR) is 136 cm³/mol. The molecule has 0 amide bonds. The first-order valence-corrected chi connectivity index (χ1v) is 12.0. The summed E-state index contributed by atoms with van der Waals surface area (Å²) in [5.74, 6) is 1.19. The molecule has 6 heteroatoms. The number of rotatable bonds is 4. The van der Waals surface area contributed by atoms with Crippen LogP contribution in [0.1, 0.15) is 56.7 Å². The second-order valence-electron chi connectivity index (χ2n) is 9.46. The van der Waals surface area contributed by atoms with Crippen molar-refractivity contribution < 1.29 is 0 Å². The molecule has 3 nitrogen and oxygen atoms in total. The number of aromatic nitrogens is 2. The minimum absolute atomic E-state index is 0.0171. The normalized spacial score (nSPS) is 14.3. The summed E-state index contributed by atoms with van der Waals surface area (Å²) >= 11 is 14.9. The number of thiazole rings is 1. The predicted octanol–water partition coefficient (Wildman–Crippen LogP) is 8.01. The number of hydrogen-bond donors (Lipinski definition) is 1. The van der Waals surface area contributed by atoms with E-state index < -0.39 is 0 Å². The van der Waals surface area contributed by atoms with Crippen LogP contribution >= 0.6 is 34.5 Å². The maximum atomic E-state index is 6.62. The molecule has 162 valence electrons. The Morgan fingerprint density at radius 3 is 2.52 bits per heavy atom. The fraction of sp³-hybridized carbons (Fsp3) is 0.360. The number of halogens is 2. The Balaban J connectivity index is 1.62. The molecule has 0 aliphatic carbocycles. The Kier molecular flexibility index (Phi) is 5.93. The molecule has 2 unspecified atom stereocenters. The van der Waals surface area contributed by atoms with Gasteiger partial charge in [0.2, 0.25) is 0 Å². The van der Waals surface area contributed by atoms with Crippen molar-refractivity contribution >= 4 is 61.3 Å². The lowest BCUT2D eigenvalue weighted by Gasteiger charge is -2.22. The zero-order valence-corrected chi connectivity index (χ0v) is 20.8. The van der Waals surface area contributed by atoms with E-state index in [-0.39, 0.29) is 5.41 Å². The molecule has 0 aliphatic heterocycles. The number of nitrogens with zero attached hydrogens (tertiary/aromatic N) is 2. The summed E-state index contributed by atoms with van der Waals surface area (Å²) in [5.41, 5.74) is 9.39. The van der Waals surface area contributed by atoms with Gasteiger partial charge >= 0.3 is 0 Å². The number of hydrogen-bond acceptors (Lipinski definition) is 4. The maximum absolute atomic E-state index is 6.62. The molecular formula is C25H27Cl2N3S. The van der Waals surface area contributed by atoms with E-state index in [0.29, 0.717) is 22.7 Å². The van der Waals surface area contributed by atoms with Gasteiger partial charge in [0.05, 0.1) is 19.8 Å². The molecule has 2 aromatic carbocycles.